The van der Waals surface area contributed by atoms with Crippen molar-refractivity contribution in [2.24, 2.45) is 0 Å². The maximum absolute atomic E-state index is 11.2. The quantitative estimate of drug-likeness (QED) is 0.180. The molecule has 1 N–H and O–H groups in total. The van der Waals surface area contributed by atoms with Crippen LogP contribution >= 0.6 is 0 Å². The van der Waals surface area contributed by atoms with Gasteiger partial charge < -0.3 is 5.11 Å². The number of aromatic hydroxyl groups is 1. The average Bonchev–Trinajstić information content (AvgIpc) is 2.52. The van der Waals surface area contributed by atoms with Crippen molar-refractivity contribution in [3.8, 4) is 5.75 Å². The molecular formula is C14H13F6N2O5SSb. The Bertz CT molecular complexity index is 881. The summed E-state index contributed by atoms with van der Waals surface area (Å²) in [5.41, 5.74) is -0.0291. The van der Waals surface area contributed by atoms with Gasteiger partial charge in [-0.25, -0.2) is 0 Å². The molecule has 29 heavy (non-hydrogen) atoms. The van der Waals surface area contributed by atoms with Gasteiger partial charge in [-0.3, -0.25) is 20.2 Å². The molecule has 0 spiro atoms. The van der Waals surface area contributed by atoms with Crippen molar-refractivity contribution in [3.05, 3.63) is 68.3 Å². The van der Waals surface area contributed by atoms with Gasteiger partial charge in [0.25, 0.3) is 11.4 Å². The van der Waals surface area contributed by atoms with Crippen LogP contribution in [0.3, 0.4) is 0 Å². The minimum atomic E-state index is -11.2. The third kappa shape index (κ3) is 11.4. The molecule has 0 saturated carbocycles. The molecule has 162 valence electrons. The molecule has 2 rings (SSSR count). The van der Waals surface area contributed by atoms with E-state index < -0.39 is 29.3 Å². The Morgan fingerprint density at radius 1 is 0.897 bits per heavy atom. The van der Waals surface area contributed by atoms with E-state index in [1.807, 2.05) is 6.26 Å². The van der Waals surface area contributed by atoms with Gasteiger partial charge in [0.2, 0.25) is 0 Å². The molecule has 0 bridgehead atoms. The average molecular weight is 557 g/mol. The molecule has 7 nitrogen and oxygen atoms in total. The van der Waals surface area contributed by atoms with Crippen LogP contribution in [0, 0.1) is 20.2 Å². The van der Waals surface area contributed by atoms with Crippen molar-refractivity contribution in [2.75, 3.05) is 6.26 Å². The van der Waals surface area contributed by atoms with E-state index >= 15 is 0 Å². The number of nitro groups is 2. The fourth-order valence-electron chi connectivity index (χ4n) is 1.96. The Morgan fingerprint density at radius 3 is 1.62 bits per heavy atom. The van der Waals surface area contributed by atoms with Crippen LogP contribution in [-0.4, -0.2) is 40.7 Å². The summed E-state index contributed by atoms with van der Waals surface area (Å²) >= 11 is -11.2. The summed E-state index contributed by atoms with van der Waals surface area (Å²) in [7, 11) is -0.292. The third-order valence-corrected chi connectivity index (χ3v) is 4.85. The summed E-state index contributed by atoms with van der Waals surface area (Å²) in [5.74, 6) is 0.611. The maximum atomic E-state index is 10.9. The van der Waals surface area contributed by atoms with Gasteiger partial charge in [0.1, 0.15) is 17.8 Å². The molecular weight excluding hydrogens is 544 g/mol. The molecule has 1 unspecified atom stereocenters. The second kappa shape index (κ2) is 7.90. The Hall–Kier alpha value is -2.21. The Balaban J connectivity index is 0.000000516. The molecule has 0 aliphatic rings. The van der Waals surface area contributed by atoms with Gasteiger partial charge in [0.05, 0.1) is 15.9 Å². The van der Waals surface area contributed by atoms with Crippen molar-refractivity contribution < 1.29 is 31.8 Å². The molecule has 1 atom stereocenters. The summed E-state index contributed by atoms with van der Waals surface area (Å²) in [6.07, 6.45) is 1.94. The summed E-state index contributed by atoms with van der Waals surface area (Å²) in [5, 5.41) is 31.0. The van der Waals surface area contributed by atoms with E-state index in [4.69, 9.17) is 0 Å². The second-order valence-corrected chi connectivity index (χ2v) is 13.1. The van der Waals surface area contributed by atoms with Crippen molar-refractivity contribution in [2.45, 2.75) is 10.6 Å². The number of nitrogens with zero attached hydrogens (tertiary/aromatic N) is 2. The fraction of sp³-hybridized carbons (Fsp3) is 0.143. The van der Waals surface area contributed by atoms with Gasteiger partial charge in [-0.15, -0.1) is 0 Å². The first-order valence-electron chi connectivity index (χ1n) is 7.22. The molecule has 0 saturated heterocycles. The first-order chi connectivity index (χ1) is 12.8. The second-order valence-electron chi connectivity index (χ2n) is 5.61. The normalized spacial score (nSPS) is 14.6. The monoisotopic (exact) mass is 556 g/mol. The molecule has 0 aromatic heterocycles. The number of rotatable bonds is 5. The number of phenolic OH excluding ortho intramolecular Hbond substituents is 1. The zero-order valence-electron chi connectivity index (χ0n) is 14.3. The zero-order valence-corrected chi connectivity index (χ0v) is 17.7. The van der Waals surface area contributed by atoms with Gasteiger partial charge in [0.15, 0.2) is 4.90 Å². The number of hydrogen-bond donors (Lipinski definition) is 1. The number of non-ortho nitro benzene ring substituents is 2. The van der Waals surface area contributed by atoms with Gasteiger partial charge in [-0.1, -0.05) is 0 Å². The molecule has 2 aromatic carbocycles. The number of halogens is 6. The van der Waals surface area contributed by atoms with E-state index in [-0.39, 0.29) is 28.0 Å². The van der Waals surface area contributed by atoms with Crippen LogP contribution in [0.1, 0.15) is 5.56 Å². The standard InChI is InChI=1S/C14H12N2O5S.6FH.Sb/c1-22(14-4-2-13(17)3-5-14)9-10-6-11(15(18)19)8-12(7-10)16(20)21;;;;;;;/h2-8H,9H2,1H3;6*1H;/q;;;;;;;+5/p-5. The van der Waals surface area contributed by atoms with Gasteiger partial charge >= 0.3 is 36.4 Å². The molecule has 0 radical (unpaired) electrons. The Morgan fingerprint density at radius 2 is 1.28 bits per heavy atom. The summed E-state index contributed by atoms with van der Waals surface area (Å²) in [6.45, 7) is 0. The Labute approximate surface area is 164 Å². The minimum absolute atomic E-state index is 0.159. The zero-order chi connectivity index (χ0) is 22.7. The van der Waals surface area contributed by atoms with Gasteiger partial charge in [-0.05, 0) is 24.3 Å². The van der Waals surface area contributed by atoms with Crippen LogP contribution < -0.4 is 0 Å². The van der Waals surface area contributed by atoms with E-state index in [0.29, 0.717) is 11.3 Å². The van der Waals surface area contributed by atoms with Gasteiger partial charge in [-0.2, -0.15) is 0 Å². The first kappa shape index (κ1) is 24.8. The van der Waals surface area contributed by atoms with E-state index in [0.717, 1.165) is 11.0 Å². The van der Waals surface area contributed by atoms with Crippen LogP contribution in [0.15, 0.2) is 47.4 Å². The molecule has 15 heteroatoms. The van der Waals surface area contributed by atoms with Gasteiger partial charge in [0, 0.05) is 28.6 Å². The third-order valence-electron chi connectivity index (χ3n) is 3.01. The van der Waals surface area contributed by atoms with E-state index in [1.165, 1.54) is 12.1 Å². The van der Waals surface area contributed by atoms with E-state index in [9.17, 15) is 42.2 Å². The summed E-state index contributed by atoms with van der Waals surface area (Å²) in [4.78, 5) is 21.5. The van der Waals surface area contributed by atoms with Crippen LogP contribution in [0.2, 0.25) is 0 Å². The summed E-state index contributed by atoms with van der Waals surface area (Å²) < 4.78 is 59.6. The number of hydrogen-bond acceptors (Lipinski definition) is 5. The van der Waals surface area contributed by atoms with Crippen molar-refractivity contribution in [1.82, 2.24) is 0 Å². The SMILES string of the molecule is C[S+](Cc1cc([N+](=O)[O-])cc([N+](=O)[O-])c1)c1ccc(O)cc1.[F][Sb-]([F])([F])([F])([F])[F]. The van der Waals surface area contributed by atoms with Crippen molar-refractivity contribution in [1.29, 1.82) is 0 Å². The van der Waals surface area contributed by atoms with Crippen molar-refractivity contribution >= 4 is 41.7 Å². The molecule has 0 heterocycles. The van der Waals surface area contributed by atoms with Crippen LogP contribution in [0.5, 0.6) is 5.75 Å². The number of phenols is 1. The van der Waals surface area contributed by atoms with Crippen LogP contribution in [0.25, 0.3) is 0 Å². The van der Waals surface area contributed by atoms with Crippen LogP contribution in [-0.2, 0) is 16.6 Å². The molecule has 0 aliphatic heterocycles. The predicted molar refractivity (Wildman–Crippen MR) is 95.5 cm³/mol. The number of benzene rings is 2. The van der Waals surface area contributed by atoms with Crippen molar-refractivity contribution in [3.63, 3.8) is 0 Å². The fourth-order valence-corrected chi connectivity index (χ4v) is 3.40. The molecule has 0 amide bonds. The molecule has 0 aliphatic carbocycles. The predicted octanol–water partition coefficient (Wildman–Crippen LogP) is 5.16. The van der Waals surface area contributed by atoms with E-state index in [2.05, 4.69) is 0 Å². The topological polar surface area (TPSA) is 107 Å². The Kier molecular flexibility index (Phi) is 6.76. The molecule has 0 fully saturated rings. The van der Waals surface area contributed by atoms with E-state index in [1.54, 1.807) is 24.3 Å². The molecule has 2 aromatic rings. The first-order valence-corrected chi connectivity index (χ1v) is 14.8. The van der Waals surface area contributed by atoms with Crippen LogP contribution in [0.4, 0.5) is 28.3 Å². The number of nitro benzene ring substituents is 2. The summed E-state index contributed by atoms with van der Waals surface area (Å²) in [6, 6.07) is 10.3.